The normalized spacial score (nSPS) is 24.4. The molecule has 86 valence electrons. The minimum absolute atomic E-state index is 0.323. The van der Waals surface area contributed by atoms with Crippen LogP contribution in [0.15, 0.2) is 30.4 Å². The van der Waals surface area contributed by atoms with Crippen molar-refractivity contribution in [1.82, 2.24) is 0 Å². The molecule has 1 unspecified atom stereocenters. The first-order chi connectivity index (χ1) is 7.65. The van der Waals surface area contributed by atoms with E-state index >= 15 is 0 Å². The van der Waals surface area contributed by atoms with Crippen LogP contribution in [-0.2, 0) is 5.60 Å². The summed E-state index contributed by atoms with van der Waals surface area (Å²) in [4.78, 5) is 0. The summed E-state index contributed by atoms with van der Waals surface area (Å²) in [6.07, 6.45) is 5.96. The van der Waals surface area contributed by atoms with E-state index in [4.69, 9.17) is 4.74 Å². The maximum atomic E-state index is 13.8. The lowest BCUT2D eigenvalue weighted by molar-refractivity contribution is 0.0687. The van der Waals surface area contributed by atoms with Crippen LogP contribution in [0.1, 0.15) is 24.8 Å². The first-order valence-corrected chi connectivity index (χ1v) is 5.40. The third kappa shape index (κ3) is 1.95. The zero-order valence-electron chi connectivity index (χ0n) is 9.24. The molecule has 0 fully saturated rings. The van der Waals surface area contributed by atoms with Crippen LogP contribution in [0.3, 0.4) is 0 Å². The number of halogens is 1. The quantitative estimate of drug-likeness (QED) is 0.780. The third-order valence-electron chi connectivity index (χ3n) is 2.96. The van der Waals surface area contributed by atoms with Crippen molar-refractivity contribution in [1.29, 1.82) is 0 Å². The van der Waals surface area contributed by atoms with E-state index in [9.17, 15) is 9.50 Å². The molecule has 1 aromatic carbocycles. The Balaban J connectivity index is 2.39. The molecular weight excluding hydrogens is 207 g/mol. The highest BCUT2D eigenvalue weighted by atomic mass is 19.1. The molecule has 0 spiro atoms. The van der Waals surface area contributed by atoms with E-state index in [1.165, 1.54) is 13.2 Å². The lowest BCUT2D eigenvalue weighted by atomic mass is 9.84. The van der Waals surface area contributed by atoms with Gasteiger partial charge in [-0.15, -0.1) is 0 Å². The molecule has 2 rings (SSSR count). The molecule has 3 heteroatoms. The molecule has 16 heavy (non-hydrogen) atoms. The second kappa shape index (κ2) is 4.26. The van der Waals surface area contributed by atoms with Gasteiger partial charge in [0.05, 0.1) is 7.11 Å². The number of benzene rings is 1. The number of hydrogen-bond acceptors (Lipinski definition) is 2. The lowest BCUT2D eigenvalue weighted by Gasteiger charge is -2.28. The van der Waals surface area contributed by atoms with Crippen molar-refractivity contribution in [3.05, 3.63) is 41.7 Å². The van der Waals surface area contributed by atoms with Crippen molar-refractivity contribution in [3.8, 4) is 5.75 Å². The largest absolute Gasteiger partial charge is 0.497 e. The topological polar surface area (TPSA) is 29.5 Å². The van der Waals surface area contributed by atoms with Crippen molar-refractivity contribution in [2.75, 3.05) is 7.11 Å². The van der Waals surface area contributed by atoms with Crippen LogP contribution in [0, 0.1) is 5.82 Å². The molecule has 0 bridgehead atoms. The van der Waals surface area contributed by atoms with E-state index in [2.05, 4.69) is 0 Å². The summed E-state index contributed by atoms with van der Waals surface area (Å²) in [6, 6.07) is 4.55. The van der Waals surface area contributed by atoms with Crippen LogP contribution in [0.5, 0.6) is 5.75 Å². The van der Waals surface area contributed by atoms with Crippen molar-refractivity contribution < 1.29 is 14.2 Å². The van der Waals surface area contributed by atoms with Gasteiger partial charge in [0.2, 0.25) is 0 Å². The summed E-state index contributed by atoms with van der Waals surface area (Å²) in [7, 11) is 1.49. The molecule has 1 N–H and O–H groups in total. The Labute approximate surface area is 94.4 Å². The molecule has 0 aliphatic heterocycles. The summed E-state index contributed by atoms with van der Waals surface area (Å²) in [5, 5.41) is 10.3. The standard InChI is InChI=1S/C13H15FO2/c1-16-10-5-6-11(12(14)9-10)13(15)7-3-2-4-8-13/h3,5-7,9,15H,2,4,8H2,1H3. The van der Waals surface area contributed by atoms with Crippen molar-refractivity contribution in [3.63, 3.8) is 0 Å². The summed E-state index contributed by atoms with van der Waals surface area (Å²) >= 11 is 0. The molecule has 0 aromatic heterocycles. The van der Waals surface area contributed by atoms with Crippen LogP contribution < -0.4 is 4.74 Å². The average molecular weight is 222 g/mol. The molecule has 0 amide bonds. The Morgan fingerprint density at radius 3 is 2.81 bits per heavy atom. The SMILES string of the molecule is COc1ccc(C2(O)C=CCCC2)c(F)c1. The molecule has 1 atom stereocenters. The molecule has 0 saturated heterocycles. The van der Waals surface area contributed by atoms with Crippen molar-refractivity contribution in [2.45, 2.75) is 24.9 Å². The Kier molecular flexibility index (Phi) is 2.97. The second-order valence-corrected chi connectivity index (χ2v) is 4.06. The number of aliphatic hydroxyl groups is 1. The molecule has 2 nitrogen and oxygen atoms in total. The highest BCUT2D eigenvalue weighted by molar-refractivity contribution is 5.35. The Hall–Kier alpha value is -1.35. The molecule has 1 aliphatic rings. The molecule has 0 heterocycles. The maximum absolute atomic E-state index is 13.8. The molecule has 1 aliphatic carbocycles. The van der Waals surface area contributed by atoms with Gasteiger partial charge in [-0.25, -0.2) is 4.39 Å². The second-order valence-electron chi connectivity index (χ2n) is 4.06. The van der Waals surface area contributed by atoms with Crippen molar-refractivity contribution in [2.24, 2.45) is 0 Å². The summed E-state index contributed by atoms with van der Waals surface area (Å²) < 4.78 is 18.7. The van der Waals surface area contributed by atoms with Crippen LogP contribution in [0.2, 0.25) is 0 Å². The van der Waals surface area contributed by atoms with Crippen LogP contribution >= 0.6 is 0 Å². The first-order valence-electron chi connectivity index (χ1n) is 5.40. The van der Waals surface area contributed by atoms with E-state index in [1.807, 2.05) is 6.08 Å². The Morgan fingerprint density at radius 1 is 1.44 bits per heavy atom. The van der Waals surface area contributed by atoms with Gasteiger partial charge in [-0.05, 0) is 31.4 Å². The minimum Gasteiger partial charge on any atom is -0.497 e. The summed E-state index contributed by atoms with van der Waals surface area (Å²) in [6.45, 7) is 0. The Bertz CT molecular complexity index is 414. The number of allylic oxidation sites excluding steroid dienone is 1. The van der Waals surface area contributed by atoms with Crippen LogP contribution in [0.4, 0.5) is 4.39 Å². The van der Waals surface area contributed by atoms with E-state index in [1.54, 1.807) is 18.2 Å². The number of hydrogen-bond donors (Lipinski definition) is 1. The van der Waals surface area contributed by atoms with E-state index < -0.39 is 11.4 Å². The fourth-order valence-electron chi connectivity index (χ4n) is 2.05. The number of methoxy groups -OCH3 is 1. The van der Waals surface area contributed by atoms with E-state index in [0.29, 0.717) is 17.7 Å². The minimum atomic E-state index is -1.16. The van der Waals surface area contributed by atoms with E-state index in [0.717, 1.165) is 12.8 Å². The van der Waals surface area contributed by atoms with Gasteiger partial charge in [-0.2, -0.15) is 0 Å². The smallest absolute Gasteiger partial charge is 0.133 e. The fourth-order valence-corrected chi connectivity index (χ4v) is 2.05. The fraction of sp³-hybridized carbons (Fsp3) is 0.385. The molecule has 0 radical (unpaired) electrons. The van der Waals surface area contributed by atoms with Gasteiger partial charge in [-0.3, -0.25) is 0 Å². The monoisotopic (exact) mass is 222 g/mol. The van der Waals surface area contributed by atoms with Gasteiger partial charge in [0.25, 0.3) is 0 Å². The third-order valence-corrected chi connectivity index (χ3v) is 2.96. The van der Waals surface area contributed by atoms with Gasteiger partial charge >= 0.3 is 0 Å². The lowest BCUT2D eigenvalue weighted by Crippen LogP contribution is -2.26. The zero-order chi connectivity index (χ0) is 11.6. The van der Waals surface area contributed by atoms with Crippen LogP contribution in [0.25, 0.3) is 0 Å². The van der Waals surface area contributed by atoms with Gasteiger partial charge in [0.15, 0.2) is 0 Å². The van der Waals surface area contributed by atoms with E-state index in [-0.39, 0.29) is 0 Å². The highest BCUT2D eigenvalue weighted by Crippen LogP contribution is 2.34. The maximum Gasteiger partial charge on any atom is 0.133 e. The summed E-state index contributed by atoms with van der Waals surface area (Å²) in [5.41, 5.74) is -0.835. The number of rotatable bonds is 2. The van der Waals surface area contributed by atoms with Gasteiger partial charge < -0.3 is 9.84 Å². The number of ether oxygens (including phenoxy) is 1. The van der Waals surface area contributed by atoms with Gasteiger partial charge in [0.1, 0.15) is 17.2 Å². The average Bonchev–Trinajstić information content (AvgIpc) is 2.29. The van der Waals surface area contributed by atoms with Gasteiger partial charge in [0, 0.05) is 11.6 Å². The van der Waals surface area contributed by atoms with Crippen LogP contribution in [-0.4, -0.2) is 12.2 Å². The van der Waals surface area contributed by atoms with Gasteiger partial charge in [-0.1, -0.05) is 12.2 Å². The predicted molar refractivity (Wildman–Crippen MR) is 59.8 cm³/mol. The summed E-state index contributed by atoms with van der Waals surface area (Å²) in [5.74, 6) is 0.0399. The Morgan fingerprint density at radius 2 is 2.25 bits per heavy atom. The predicted octanol–water partition coefficient (Wildman–Crippen LogP) is 2.76. The first kappa shape index (κ1) is 11.1. The molecular formula is C13H15FO2. The molecule has 0 saturated carbocycles. The van der Waals surface area contributed by atoms with Crippen molar-refractivity contribution >= 4 is 0 Å². The highest BCUT2D eigenvalue weighted by Gasteiger charge is 2.30. The zero-order valence-corrected chi connectivity index (χ0v) is 9.24. The molecule has 1 aromatic rings.